The van der Waals surface area contributed by atoms with Crippen LogP contribution in [0.15, 0.2) is 30.3 Å². The van der Waals surface area contributed by atoms with Crippen molar-refractivity contribution in [1.29, 1.82) is 5.26 Å². The Kier molecular flexibility index (Phi) is 7.70. The van der Waals surface area contributed by atoms with Gasteiger partial charge in [0.15, 0.2) is 0 Å². The average molecular weight is 205 g/mol. The number of nitriles is 1. The lowest BCUT2D eigenvalue weighted by Crippen LogP contribution is -1.88. The SMILES string of the molecule is CCCc1ccccc1.N#CCC(=O)O. The summed E-state index contributed by atoms with van der Waals surface area (Å²) in [5.41, 5.74) is 1.44. The summed E-state index contributed by atoms with van der Waals surface area (Å²) in [6.07, 6.45) is 2.05. The lowest BCUT2D eigenvalue weighted by molar-refractivity contribution is -0.135. The van der Waals surface area contributed by atoms with Crippen molar-refractivity contribution in [1.82, 2.24) is 0 Å². The number of nitrogens with zero attached hydrogens (tertiary/aromatic N) is 1. The van der Waals surface area contributed by atoms with Crippen LogP contribution in [-0.4, -0.2) is 11.1 Å². The molecule has 3 nitrogen and oxygen atoms in total. The summed E-state index contributed by atoms with van der Waals surface area (Å²) >= 11 is 0. The Morgan fingerprint density at radius 3 is 2.33 bits per heavy atom. The fourth-order valence-corrected chi connectivity index (χ4v) is 1.00. The fraction of sp³-hybridized carbons (Fsp3) is 0.333. The van der Waals surface area contributed by atoms with Gasteiger partial charge in [-0.3, -0.25) is 4.79 Å². The molecule has 0 spiro atoms. The zero-order valence-electron chi connectivity index (χ0n) is 8.81. The molecule has 0 heterocycles. The van der Waals surface area contributed by atoms with Crippen LogP contribution in [-0.2, 0) is 11.2 Å². The molecule has 1 N–H and O–H groups in total. The van der Waals surface area contributed by atoms with Gasteiger partial charge >= 0.3 is 5.97 Å². The number of benzene rings is 1. The molecular weight excluding hydrogens is 190 g/mol. The molecule has 3 heteroatoms. The second-order valence-corrected chi connectivity index (χ2v) is 2.96. The summed E-state index contributed by atoms with van der Waals surface area (Å²) in [6.45, 7) is 2.20. The maximum Gasteiger partial charge on any atom is 0.317 e. The molecule has 80 valence electrons. The first-order chi connectivity index (χ1) is 7.20. The van der Waals surface area contributed by atoms with E-state index in [0.29, 0.717) is 0 Å². The minimum Gasteiger partial charge on any atom is -0.480 e. The summed E-state index contributed by atoms with van der Waals surface area (Å²) in [4.78, 5) is 9.38. The molecule has 0 aliphatic rings. The molecule has 0 saturated heterocycles. The third kappa shape index (κ3) is 8.51. The van der Waals surface area contributed by atoms with Gasteiger partial charge in [0.25, 0.3) is 0 Å². The average Bonchev–Trinajstić information content (AvgIpc) is 2.20. The van der Waals surface area contributed by atoms with Crippen LogP contribution >= 0.6 is 0 Å². The predicted molar refractivity (Wildman–Crippen MR) is 58.3 cm³/mol. The molecule has 1 aromatic rings. The van der Waals surface area contributed by atoms with Crippen molar-refractivity contribution in [3.05, 3.63) is 35.9 Å². The molecule has 0 fully saturated rings. The minimum atomic E-state index is -1.07. The Hall–Kier alpha value is -1.82. The number of aliphatic carboxylic acids is 1. The van der Waals surface area contributed by atoms with Gasteiger partial charge in [-0.05, 0) is 12.0 Å². The Labute approximate surface area is 90.0 Å². The van der Waals surface area contributed by atoms with Crippen molar-refractivity contribution in [2.45, 2.75) is 26.2 Å². The fourth-order valence-electron chi connectivity index (χ4n) is 1.00. The van der Waals surface area contributed by atoms with Crippen LogP contribution in [0.25, 0.3) is 0 Å². The molecular formula is C12H15NO2. The predicted octanol–water partition coefficient (Wildman–Crippen LogP) is 2.62. The molecule has 0 amide bonds. The summed E-state index contributed by atoms with van der Waals surface area (Å²) < 4.78 is 0. The number of hydrogen-bond donors (Lipinski definition) is 1. The highest BCUT2D eigenvalue weighted by Gasteiger charge is 1.87. The third-order valence-electron chi connectivity index (χ3n) is 1.61. The van der Waals surface area contributed by atoms with Gasteiger partial charge in [-0.15, -0.1) is 0 Å². The van der Waals surface area contributed by atoms with Crippen LogP contribution in [0.2, 0.25) is 0 Å². The van der Waals surface area contributed by atoms with Crippen LogP contribution in [0, 0.1) is 11.3 Å². The van der Waals surface area contributed by atoms with E-state index >= 15 is 0 Å². The van der Waals surface area contributed by atoms with Crippen molar-refractivity contribution < 1.29 is 9.90 Å². The van der Waals surface area contributed by atoms with Gasteiger partial charge in [-0.25, -0.2) is 0 Å². The highest BCUT2D eigenvalue weighted by atomic mass is 16.4. The number of carbonyl (C=O) groups is 1. The van der Waals surface area contributed by atoms with E-state index < -0.39 is 12.4 Å². The highest BCUT2D eigenvalue weighted by Crippen LogP contribution is 2.00. The van der Waals surface area contributed by atoms with Crippen molar-refractivity contribution in [2.75, 3.05) is 0 Å². The number of carboxylic acids is 1. The van der Waals surface area contributed by atoms with E-state index in [-0.39, 0.29) is 0 Å². The van der Waals surface area contributed by atoms with Crippen molar-refractivity contribution in [2.24, 2.45) is 0 Å². The normalized spacial score (nSPS) is 8.27. The molecule has 0 aliphatic carbocycles. The monoisotopic (exact) mass is 205 g/mol. The topological polar surface area (TPSA) is 61.1 Å². The molecule has 0 unspecified atom stereocenters. The van der Waals surface area contributed by atoms with Gasteiger partial charge < -0.3 is 5.11 Å². The first kappa shape index (κ1) is 13.2. The van der Waals surface area contributed by atoms with Gasteiger partial charge in [0, 0.05) is 0 Å². The van der Waals surface area contributed by atoms with Crippen LogP contribution in [0.3, 0.4) is 0 Å². The molecule has 0 aromatic heterocycles. The lowest BCUT2D eigenvalue weighted by Gasteiger charge is -1.93. The molecule has 15 heavy (non-hydrogen) atoms. The Balaban J connectivity index is 0.000000288. The third-order valence-corrected chi connectivity index (χ3v) is 1.61. The zero-order chi connectivity index (χ0) is 11.5. The van der Waals surface area contributed by atoms with E-state index in [4.69, 9.17) is 10.4 Å². The summed E-state index contributed by atoms with van der Waals surface area (Å²) in [6, 6.07) is 12.0. The van der Waals surface area contributed by atoms with Crippen molar-refractivity contribution >= 4 is 5.97 Å². The van der Waals surface area contributed by atoms with E-state index in [1.54, 1.807) is 0 Å². The number of carboxylic acid groups (broad SMARTS) is 1. The Bertz CT molecular complexity index is 314. The van der Waals surface area contributed by atoms with Gasteiger partial charge in [-0.2, -0.15) is 5.26 Å². The highest BCUT2D eigenvalue weighted by molar-refractivity contribution is 5.69. The first-order valence-corrected chi connectivity index (χ1v) is 4.83. The van der Waals surface area contributed by atoms with E-state index in [1.807, 2.05) is 0 Å². The molecule has 1 aromatic carbocycles. The number of aryl methyl sites for hydroxylation is 1. The van der Waals surface area contributed by atoms with Gasteiger partial charge in [0.2, 0.25) is 0 Å². The van der Waals surface area contributed by atoms with Gasteiger partial charge in [-0.1, -0.05) is 43.7 Å². The molecule has 0 radical (unpaired) electrons. The van der Waals surface area contributed by atoms with E-state index in [1.165, 1.54) is 24.5 Å². The zero-order valence-corrected chi connectivity index (χ0v) is 8.81. The Morgan fingerprint density at radius 1 is 1.40 bits per heavy atom. The quantitative estimate of drug-likeness (QED) is 0.825. The van der Waals surface area contributed by atoms with Gasteiger partial charge in [0.1, 0.15) is 6.42 Å². The Morgan fingerprint density at radius 2 is 2.00 bits per heavy atom. The second-order valence-electron chi connectivity index (χ2n) is 2.96. The summed E-state index contributed by atoms with van der Waals surface area (Å²) in [7, 11) is 0. The van der Waals surface area contributed by atoms with Crippen LogP contribution < -0.4 is 0 Å². The molecule has 0 bridgehead atoms. The number of hydrogen-bond acceptors (Lipinski definition) is 2. The van der Waals surface area contributed by atoms with Crippen molar-refractivity contribution in [3.63, 3.8) is 0 Å². The molecule has 1 rings (SSSR count). The molecule has 0 aliphatic heterocycles. The smallest absolute Gasteiger partial charge is 0.317 e. The van der Waals surface area contributed by atoms with Gasteiger partial charge in [0.05, 0.1) is 6.07 Å². The molecule has 0 saturated carbocycles. The van der Waals surface area contributed by atoms with E-state index in [0.717, 1.165) is 0 Å². The standard InChI is InChI=1S/C9H12.C3H3NO2/c1-2-6-9-7-4-3-5-8-9;4-2-1-3(5)6/h3-5,7-8H,2,6H2,1H3;1H2,(H,5,6). The van der Waals surface area contributed by atoms with Crippen LogP contribution in [0.4, 0.5) is 0 Å². The van der Waals surface area contributed by atoms with E-state index in [2.05, 4.69) is 37.3 Å². The summed E-state index contributed by atoms with van der Waals surface area (Å²) in [5.74, 6) is -1.07. The second kappa shape index (κ2) is 8.76. The maximum atomic E-state index is 9.38. The molecule has 0 atom stereocenters. The maximum absolute atomic E-state index is 9.38. The minimum absolute atomic E-state index is 0.403. The van der Waals surface area contributed by atoms with Crippen molar-refractivity contribution in [3.8, 4) is 6.07 Å². The van der Waals surface area contributed by atoms with E-state index in [9.17, 15) is 4.79 Å². The van der Waals surface area contributed by atoms with Crippen LogP contribution in [0.5, 0.6) is 0 Å². The largest absolute Gasteiger partial charge is 0.480 e. The lowest BCUT2D eigenvalue weighted by atomic mass is 10.1. The summed E-state index contributed by atoms with van der Waals surface area (Å²) in [5, 5.41) is 15.3. The first-order valence-electron chi connectivity index (χ1n) is 4.83. The van der Waals surface area contributed by atoms with Crippen LogP contribution in [0.1, 0.15) is 25.3 Å². The number of rotatable bonds is 3.